The molecule has 2 unspecified atom stereocenters. The van der Waals surface area contributed by atoms with E-state index in [1.54, 1.807) is 28.6 Å². The Kier molecular flexibility index (Phi) is 3.67. The van der Waals surface area contributed by atoms with Crippen LogP contribution < -0.4 is 0 Å². The third-order valence-corrected chi connectivity index (χ3v) is 6.98. The lowest BCUT2D eigenvalue weighted by Gasteiger charge is -2.35. The molecule has 0 amide bonds. The number of benzene rings is 1. The van der Waals surface area contributed by atoms with Crippen molar-refractivity contribution in [3.8, 4) is 0 Å². The number of nitrogens with zero attached hydrogens (tertiary/aromatic N) is 1. The van der Waals surface area contributed by atoms with Crippen LogP contribution in [0, 0.1) is 5.92 Å². The molecule has 3 rings (SSSR count). The molecule has 1 aliphatic heterocycles. The fourth-order valence-electron chi connectivity index (χ4n) is 3.32. The quantitative estimate of drug-likeness (QED) is 0.761. The highest BCUT2D eigenvalue weighted by molar-refractivity contribution is 9.09. The molecule has 3 atom stereocenters. The zero-order valence-corrected chi connectivity index (χ0v) is 13.8. The van der Waals surface area contributed by atoms with Crippen molar-refractivity contribution >= 4 is 26.0 Å². The molecule has 0 N–H and O–H groups in total. The van der Waals surface area contributed by atoms with E-state index in [1.165, 1.54) is 0 Å². The van der Waals surface area contributed by atoms with E-state index in [4.69, 9.17) is 0 Å². The van der Waals surface area contributed by atoms with Crippen molar-refractivity contribution in [3.05, 3.63) is 42.1 Å². The molecule has 1 saturated carbocycles. The van der Waals surface area contributed by atoms with E-state index in [0.717, 1.165) is 25.0 Å². The molecule has 0 radical (unpaired) electrons. The molecule has 1 aliphatic carbocycles. The van der Waals surface area contributed by atoms with Gasteiger partial charge >= 0.3 is 0 Å². The van der Waals surface area contributed by atoms with Gasteiger partial charge in [-0.3, -0.25) is 4.31 Å². The Morgan fingerprint density at radius 3 is 2.60 bits per heavy atom. The minimum Gasteiger partial charge on any atom is -0.267 e. The monoisotopic (exact) mass is 355 g/mol. The number of hydrogen-bond acceptors (Lipinski definition) is 2. The number of alkyl halides is 1. The predicted octanol–water partition coefficient (Wildman–Crippen LogP) is 3.53. The van der Waals surface area contributed by atoms with Crippen LogP contribution in [0.4, 0.5) is 0 Å². The average Bonchev–Trinajstić information content (AvgIpc) is 2.75. The van der Waals surface area contributed by atoms with Gasteiger partial charge in [-0.05, 0) is 38.3 Å². The molecule has 0 aromatic heterocycles. The zero-order valence-electron chi connectivity index (χ0n) is 11.4. The largest absolute Gasteiger partial charge is 0.267 e. The molecular weight excluding hydrogens is 338 g/mol. The van der Waals surface area contributed by atoms with Gasteiger partial charge in [-0.25, -0.2) is 8.42 Å². The van der Waals surface area contributed by atoms with Gasteiger partial charge in [0, 0.05) is 16.4 Å². The summed E-state index contributed by atoms with van der Waals surface area (Å²) in [5, 5.41) is 0. The lowest BCUT2D eigenvalue weighted by molar-refractivity contribution is 0.275. The van der Waals surface area contributed by atoms with Crippen LogP contribution in [0.15, 0.2) is 47.0 Å². The second kappa shape index (κ2) is 5.19. The highest BCUT2D eigenvalue weighted by atomic mass is 79.9. The first-order valence-corrected chi connectivity index (χ1v) is 9.27. The molecule has 1 fully saturated rings. The van der Waals surface area contributed by atoms with E-state index in [0.29, 0.717) is 15.6 Å². The molecule has 20 heavy (non-hydrogen) atoms. The van der Waals surface area contributed by atoms with Gasteiger partial charge in [0.05, 0.1) is 10.9 Å². The van der Waals surface area contributed by atoms with Gasteiger partial charge in [-0.15, -0.1) is 0 Å². The molecule has 0 saturated heterocycles. The van der Waals surface area contributed by atoms with E-state index >= 15 is 0 Å². The van der Waals surface area contributed by atoms with Crippen LogP contribution in [0.2, 0.25) is 0 Å². The number of sulfonamides is 1. The summed E-state index contributed by atoms with van der Waals surface area (Å²) in [6, 6.07) is 8.82. The van der Waals surface area contributed by atoms with Crippen LogP contribution in [-0.2, 0) is 10.0 Å². The first-order chi connectivity index (χ1) is 9.50. The van der Waals surface area contributed by atoms with E-state index in [-0.39, 0.29) is 6.04 Å². The molecular formula is C15H18BrNO2S. The van der Waals surface area contributed by atoms with Gasteiger partial charge in [0.2, 0.25) is 0 Å². The summed E-state index contributed by atoms with van der Waals surface area (Å²) in [4.78, 5) is 0.890. The van der Waals surface area contributed by atoms with Crippen molar-refractivity contribution in [1.82, 2.24) is 4.31 Å². The van der Waals surface area contributed by atoms with E-state index < -0.39 is 10.0 Å². The fraction of sp³-hybridized carbons (Fsp3) is 0.467. The molecule has 3 nitrogen and oxygen atoms in total. The maximum Gasteiger partial charge on any atom is 0.264 e. The topological polar surface area (TPSA) is 37.4 Å². The summed E-state index contributed by atoms with van der Waals surface area (Å²) < 4.78 is 27.4. The van der Waals surface area contributed by atoms with Crippen molar-refractivity contribution < 1.29 is 8.42 Å². The van der Waals surface area contributed by atoms with Crippen molar-refractivity contribution in [2.75, 3.05) is 0 Å². The van der Waals surface area contributed by atoms with Crippen LogP contribution in [0.25, 0.3) is 0 Å². The Labute approximate surface area is 128 Å². The Hall–Kier alpha value is -0.810. The standard InChI is InChI=1S/C15H18BrNO2S/c1-11-9-12-10-13(16)7-8-15(12)17(11)20(18,19)14-5-3-2-4-6-14/h2-6,9,12-13,15H,7-8,10H2,1H3/t12?,13-,15?/m0/s1. The number of allylic oxidation sites excluding steroid dienone is 1. The molecule has 108 valence electrons. The zero-order chi connectivity index (χ0) is 14.3. The third kappa shape index (κ3) is 2.31. The van der Waals surface area contributed by atoms with Crippen molar-refractivity contribution in [3.63, 3.8) is 0 Å². The second-order valence-electron chi connectivity index (χ2n) is 5.56. The van der Waals surface area contributed by atoms with Gasteiger partial charge in [0.25, 0.3) is 10.0 Å². The number of fused-ring (bicyclic) bond motifs is 1. The molecule has 0 bridgehead atoms. The Morgan fingerprint density at radius 1 is 1.20 bits per heavy atom. The van der Waals surface area contributed by atoms with Crippen LogP contribution in [-0.4, -0.2) is 23.6 Å². The first kappa shape index (κ1) is 14.1. The van der Waals surface area contributed by atoms with E-state index in [1.807, 2.05) is 13.0 Å². The highest BCUT2D eigenvalue weighted by Crippen LogP contribution is 2.42. The summed E-state index contributed by atoms with van der Waals surface area (Å²) in [6.07, 6.45) is 5.09. The summed E-state index contributed by atoms with van der Waals surface area (Å²) in [6.45, 7) is 1.90. The maximum atomic E-state index is 12.9. The number of halogens is 1. The Balaban J connectivity index is 1.96. The normalized spacial score (nSPS) is 30.0. The summed E-state index contributed by atoms with van der Waals surface area (Å²) in [5.74, 6) is 0.339. The van der Waals surface area contributed by atoms with Crippen molar-refractivity contribution in [2.24, 2.45) is 5.92 Å². The summed E-state index contributed by atoms with van der Waals surface area (Å²) in [5.41, 5.74) is 0.866. The smallest absolute Gasteiger partial charge is 0.264 e. The van der Waals surface area contributed by atoms with Crippen LogP contribution in [0.3, 0.4) is 0 Å². The van der Waals surface area contributed by atoms with Crippen LogP contribution >= 0.6 is 15.9 Å². The van der Waals surface area contributed by atoms with Crippen LogP contribution in [0.5, 0.6) is 0 Å². The first-order valence-electron chi connectivity index (χ1n) is 6.92. The molecule has 1 aromatic rings. The number of hydrogen-bond donors (Lipinski definition) is 0. The van der Waals surface area contributed by atoms with Gasteiger partial charge in [-0.2, -0.15) is 0 Å². The third-order valence-electron chi connectivity index (χ3n) is 4.20. The minimum atomic E-state index is -3.43. The molecule has 0 spiro atoms. The Bertz CT molecular complexity index is 627. The van der Waals surface area contributed by atoms with Gasteiger partial charge in [0.15, 0.2) is 0 Å². The predicted molar refractivity (Wildman–Crippen MR) is 83.1 cm³/mol. The fourth-order valence-corrected chi connectivity index (χ4v) is 5.81. The summed E-state index contributed by atoms with van der Waals surface area (Å²) in [7, 11) is -3.43. The summed E-state index contributed by atoms with van der Waals surface area (Å²) >= 11 is 3.66. The maximum absolute atomic E-state index is 12.9. The molecule has 1 aromatic carbocycles. The SMILES string of the molecule is CC1=CC2C[C@@H](Br)CCC2N1S(=O)(=O)c1ccccc1. The van der Waals surface area contributed by atoms with Crippen molar-refractivity contribution in [1.29, 1.82) is 0 Å². The van der Waals surface area contributed by atoms with Crippen LogP contribution in [0.1, 0.15) is 26.2 Å². The minimum absolute atomic E-state index is 0.0917. The molecule has 5 heteroatoms. The lowest BCUT2D eigenvalue weighted by atomic mass is 9.86. The average molecular weight is 356 g/mol. The molecule has 1 heterocycles. The van der Waals surface area contributed by atoms with Gasteiger partial charge < -0.3 is 0 Å². The highest BCUT2D eigenvalue weighted by Gasteiger charge is 2.42. The second-order valence-corrected chi connectivity index (χ2v) is 8.67. The van der Waals surface area contributed by atoms with E-state index in [2.05, 4.69) is 22.0 Å². The van der Waals surface area contributed by atoms with Gasteiger partial charge in [0.1, 0.15) is 0 Å². The molecule has 2 aliphatic rings. The van der Waals surface area contributed by atoms with Gasteiger partial charge in [-0.1, -0.05) is 40.2 Å². The Morgan fingerprint density at radius 2 is 1.90 bits per heavy atom. The van der Waals surface area contributed by atoms with Crippen molar-refractivity contribution in [2.45, 2.75) is 42.0 Å². The lowest BCUT2D eigenvalue weighted by Crippen LogP contribution is -2.41. The van der Waals surface area contributed by atoms with E-state index in [9.17, 15) is 8.42 Å². The number of rotatable bonds is 2.